The van der Waals surface area contributed by atoms with E-state index in [4.69, 9.17) is 0 Å². The van der Waals surface area contributed by atoms with Crippen molar-refractivity contribution in [2.75, 3.05) is 18.0 Å². The van der Waals surface area contributed by atoms with Crippen LogP contribution >= 0.6 is 0 Å². The van der Waals surface area contributed by atoms with Crippen molar-refractivity contribution >= 4 is 21.0 Å². The van der Waals surface area contributed by atoms with Crippen LogP contribution in [0.2, 0.25) is 0 Å². The second-order valence-electron chi connectivity index (χ2n) is 4.55. The summed E-state index contributed by atoms with van der Waals surface area (Å²) in [6, 6.07) is 6.02. The highest BCUT2D eigenvalue weighted by molar-refractivity contribution is 7.73. The lowest BCUT2D eigenvalue weighted by Crippen LogP contribution is -2.33. The first-order chi connectivity index (χ1) is 9.85. The third kappa shape index (κ3) is 4.52. The predicted octanol–water partition coefficient (Wildman–Crippen LogP) is 1.72. The minimum Gasteiger partial charge on any atom is -0.361 e. The fraction of sp³-hybridized carbons (Fsp3) is 0.308. The van der Waals surface area contributed by atoms with Gasteiger partial charge in [0.05, 0.1) is 13.0 Å². The van der Waals surface area contributed by atoms with Crippen LogP contribution in [-0.2, 0) is 16.7 Å². The van der Waals surface area contributed by atoms with Crippen LogP contribution in [0.25, 0.3) is 0 Å². The van der Waals surface area contributed by atoms with Crippen LogP contribution in [0.4, 0.5) is 18.9 Å². The van der Waals surface area contributed by atoms with Gasteiger partial charge in [-0.3, -0.25) is 0 Å². The minimum absolute atomic E-state index is 0.0741. The molecule has 1 aliphatic heterocycles. The van der Waals surface area contributed by atoms with Crippen LogP contribution in [-0.4, -0.2) is 32.7 Å². The highest BCUT2D eigenvalue weighted by Crippen LogP contribution is 2.24. The van der Waals surface area contributed by atoms with Gasteiger partial charge < -0.3 is 10.2 Å². The lowest BCUT2D eigenvalue weighted by Gasteiger charge is -2.22. The number of rotatable bonds is 2. The molecule has 0 saturated heterocycles. The Hall–Kier alpha value is -1.96. The summed E-state index contributed by atoms with van der Waals surface area (Å²) < 4.78 is 59.3. The molecule has 0 radical (unpaired) electrons. The number of halogens is 3. The SMILES string of the molecule is O=S(=O)=C1CN(c2cccc(CC(F)(F)F)c2)CC=CN1. The van der Waals surface area contributed by atoms with Crippen molar-refractivity contribution in [1.29, 1.82) is 0 Å². The Morgan fingerprint density at radius 1 is 1.29 bits per heavy atom. The van der Waals surface area contributed by atoms with E-state index in [1.165, 1.54) is 24.4 Å². The van der Waals surface area contributed by atoms with Crippen LogP contribution in [0.5, 0.6) is 0 Å². The van der Waals surface area contributed by atoms with E-state index in [0.717, 1.165) is 0 Å². The lowest BCUT2D eigenvalue weighted by molar-refractivity contribution is -0.127. The Bertz CT molecular complexity index is 673. The second-order valence-corrected chi connectivity index (χ2v) is 5.51. The molecule has 8 heteroatoms. The molecule has 2 rings (SSSR count). The van der Waals surface area contributed by atoms with Gasteiger partial charge in [-0.1, -0.05) is 12.1 Å². The number of hydrogen-bond acceptors (Lipinski definition) is 3. The maximum absolute atomic E-state index is 12.4. The summed E-state index contributed by atoms with van der Waals surface area (Å²) in [4.78, 5) is 1.76. The topological polar surface area (TPSA) is 49.4 Å². The number of hydrogen-bond donors (Lipinski definition) is 1. The van der Waals surface area contributed by atoms with Crippen molar-refractivity contribution in [1.82, 2.24) is 5.32 Å². The molecule has 1 aliphatic rings. The van der Waals surface area contributed by atoms with Gasteiger partial charge in [0.2, 0.25) is 10.3 Å². The first-order valence-electron chi connectivity index (χ1n) is 6.12. The Labute approximate surface area is 121 Å². The summed E-state index contributed by atoms with van der Waals surface area (Å²) in [7, 11) is -2.40. The minimum atomic E-state index is -4.27. The van der Waals surface area contributed by atoms with E-state index < -0.39 is 22.9 Å². The molecular formula is C13H13F3N2O2S. The Morgan fingerprint density at radius 3 is 2.71 bits per heavy atom. The molecule has 0 aliphatic carbocycles. The fourth-order valence-corrected chi connectivity index (χ4v) is 2.43. The largest absolute Gasteiger partial charge is 0.393 e. The molecule has 0 spiro atoms. The van der Waals surface area contributed by atoms with E-state index >= 15 is 0 Å². The van der Waals surface area contributed by atoms with Gasteiger partial charge in [-0.15, -0.1) is 0 Å². The van der Waals surface area contributed by atoms with E-state index in [1.54, 1.807) is 17.0 Å². The van der Waals surface area contributed by atoms with Gasteiger partial charge in [0, 0.05) is 12.2 Å². The van der Waals surface area contributed by atoms with Crippen molar-refractivity contribution in [3.05, 3.63) is 42.1 Å². The highest BCUT2D eigenvalue weighted by Gasteiger charge is 2.27. The van der Waals surface area contributed by atoms with Crippen LogP contribution in [0, 0.1) is 0 Å². The summed E-state index contributed by atoms with van der Waals surface area (Å²) in [5, 5.41) is 2.64. The van der Waals surface area contributed by atoms with E-state index in [9.17, 15) is 21.6 Å². The molecule has 1 heterocycles. The monoisotopic (exact) mass is 318 g/mol. The van der Waals surface area contributed by atoms with Gasteiger partial charge in [-0.05, 0) is 30.0 Å². The zero-order valence-corrected chi connectivity index (χ0v) is 11.7. The summed E-state index contributed by atoms with van der Waals surface area (Å²) in [5.74, 6) is 0. The van der Waals surface area contributed by atoms with Crippen molar-refractivity contribution < 1.29 is 21.6 Å². The first-order valence-corrected chi connectivity index (χ1v) is 7.20. The van der Waals surface area contributed by atoms with Crippen molar-refractivity contribution in [3.63, 3.8) is 0 Å². The first kappa shape index (κ1) is 15.4. The molecule has 21 heavy (non-hydrogen) atoms. The van der Waals surface area contributed by atoms with Gasteiger partial charge in [-0.2, -0.15) is 21.6 Å². The number of nitrogens with one attached hydrogen (secondary N) is 1. The van der Waals surface area contributed by atoms with E-state index in [2.05, 4.69) is 5.32 Å². The Kier molecular flexibility index (Phi) is 4.56. The van der Waals surface area contributed by atoms with Crippen LogP contribution in [0.15, 0.2) is 36.5 Å². The average Bonchev–Trinajstić information content (AvgIpc) is 2.62. The molecule has 0 amide bonds. The Balaban J connectivity index is 2.27. The van der Waals surface area contributed by atoms with E-state index in [1.807, 2.05) is 0 Å². The van der Waals surface area contributed by atoms with E-state index in [0.29, 0.717) is 12.2 Å². The predicted molar refractivity (Wildman–Crippen MR) is 74.6 cm³/mol. The molecular weight excluding hydrogens is 305 g/mol. The molecule has 0 saturated carbocycles. The quantitative estimate of drug-likeness (QED) is 0.844. The third-order valence-corrected chi connectivity index (χ3v) is 3.55. The van der Waals surface area contributed by atoms with Crippen LogP contribution in [0.3, 0.4) is 0 Å². The van der Waals surface area contributed by atoms with Crippen molar-refractivity contribution in [3.8, 4) is 0 Å². The average molecular weight is 318 g/mol. The van der Waals surface area contributed by atoms with Gasteiger partial charge in [-0.25, -0.2) is 0 Å². The molecule has 1 aromatic rings. The summed E-state index contributed by atoms with van der Waals surface area (Å²) in [5.41, 5.74) is 0.694. The zero-order chi connectivity index (χ0) is 15.5. The smallest absolute Gasteiger partial charge is 0.361 e. The standard InChI is InChI=1S/C13H13F3N2O2S/c14-13(15,16)8-10-3-1-4-11(7-10)18-6-2-5-17-12(9-18)21(19)20/h1-5,7,17H,6,8-9H2. The third-order valence-electron chi connectivity index (χ3n) is 2.90. The lowest BCUT2D eigenvalue weighted by atomic mass is 10.1. The van der Waals surface area contributed by atoms with Gasteiger partial charge in [0.15, 0.2) is 4.99 Å². The van der Waals surface area contributed by atoms with Gasteiger partial charge >= 0.3 is 6.18 Å². The zero-order valence-electron chi connectivity index (χ0n) is 10.9. The van der Waals surface area contributed by atoms with Crippen LogP contribution < -0.4 is 10.2 Å². The molecule has 1 N–H and O–H groups in total. The highest BCUT2D eigenvalue weighted by atomic mass is 32.2. The molecule has 114 valence electrons. The second kappa shape index (κ2) is 6.21. The maximum atomic E-state index is 12.4. The van der Waals surface area contributed by atoms with Gasteiger partial charge in [0.1, 0.15) is 0 Å². The number of anilines is 1. The number of nitrogens with zero attached hydrogens (tertiary/aromatic N) is 1. The maximum Gasteiger partial charge on any atom is 0.393 e. The number of alkyl halides is 3. The molecule has 0 fully saturated rings. The number of benzene rings is 1. The summed E-state index contributed by atoms with van der Waals surface area (Å²) in [6.45, 7) is 0.488. The van der Waals surface area contributed by atoms with Crippen molar-refractivity contribution in [2.24, 2.45) is 0 Å². The molecule has 0 atom stereocenters. The van der Waals surface area contributed by atoms with Crippen LogP contribution in [0.1, 0.15) is 5.56 Å². The van der Waals surface area contributed by atoms with Crippen molar-refractivity contribution in [2.45, 2.75) is 12.6 Å². The Morgan fingerprint density at radius 2 is 2.05 bits per heavy atom. The fourth-order valence-electron chi connectivity index (χ4n) is 2.01. The molecule has 1 aromatic carbocycles. The van der Waals surface area contributed by atoms with Gasteiger partial charge in [0.25, 0.3) is 0 Å². The summed E-state index contributed by atoms with van der Waals surface area (Å²) >= 11 is 0. The van der Waals surface area contributed by atoms with E-state index in [-0.39, 0.29) is 17.1 Å². The normalized spacial score (nSPS) is 15.6. The molecule has 0 bridgehead atoms. The molecule has 0 aromatic heterocycles. The molecule has 4 nitrogen and oxygen atoms in total. The summed E-state index contributed by atoms with van der Waals surface area (Å²) in [6.07, 6.45) is -2.07. The molecule has 0 unspecified atom stereocenters.